The Bertz CT molecular complexity index is 691. The second-order valence-corrected chi connectivity index (χ2v) is 5.29. The van der Waals surface area contributed by atoms with Crippen LogP contribution in [-0.4, -0.2) is 22.3 Å². The summed E-state index contributed by atoms with van der Waals surface area (Å²) in [5.41, 5.74) is 1.07. The largest absolute Gasteiger partial charge is 0.457 e. The van der Waals surface area contributed by atoms with E-state index in [0.717, 1.165) is 25.7 Å². The van der Waals surface area contributed by atoms with Crippen molar-refractivity contribution in [3.63, 3.8) is 0 Å². The summed E-state index contributed by atoms with van der Waals surface area (Å²) in [7, 11) is 0. The Labute approximate surface area is 127 Å². The van der Waals surface area contributed by atoms with E-state index in [1.54, 1.807) is 24.3 Å². The number of hydrogen-bond acceptors (Lipinski definition) is 6. The highest BCUT2D eigenvalue weighted by Crippen LogP contribution is 2.27. The molecule has 2 atom stereocenters. The van der Waals surface area contributed by atoms with Crippen LogP contribution in [0.25, 0.3) is 11.5 Å². The molecule has 6 heteroatoms. The van der Waals surface area contributed by atoms with Crippen LogP contribution < -0.4 is 0 Å². The van der Waals surface area contributed by atoms with Crippen LogP contribution in [0.2, 0.25) is 0 Å². The Morgan fingerprint density at radius 3 is 3.00 bits per heavy atom. The molecule has 6 nitrogen and oxygen atoms in total. The van der Waals surface area contributed by atoms with Crippen LogP contribution >= 0.6 is 0 Å². The summed E-state index contributed by atoms with van der Waals surface area (Å²) in [5.74, 6) is -0.285. The van der Waals surface area contributed by atoms with Gasteiger partial charge in [0.15, 0.2) is 0 Å². The van der Waals surface area contributed by atoms with Crippen LogP contribution in [0.15, 0.2) is 35.1 Å². The number of rotatable bonds is 3. The number of aromatic nitrogens is 2. The number of hydrogen-bond donors (Lipinski definition) is 0. The van der Waals surface area contributed by atoms with Gasteiger partial charge >= 0.3 is 5.97 Å². The van der Waals surface area contributed by atoms with Crippen molar-refractivity contribution in [1.82, 2.24) is 10.2 Å². The second kappa shape index (κ2) is 6.39. The van der Waals surface area contributed by atoms with E-state index in [9.17, 15) is 4.79 Å². The lowest BCUT2D eigenvalue weighted by molar-refractivity contribution is 0.0107. The van der Waals surface area contributed by atoms with Gasteiger partial charge in [-0.25, -0.2) is 4.79 Å². The Hall–Kier alpha value is -2.68. The molecule has 1 aliphatic rings. The van der Waals surface area contributed by atoms with Crippen LogP contribution in [0.5, 0.6) is 0 Å². The third kappa shape index (κ3) is 2.98. The standard InChI is InChI=1S/C16H15N3O3/c17-9-13-4-1-2-7-14(13)22-16(20)12-6-3-5-11(8-12)15-19-18-10-21-15/h3,5-6,8,10,13-14H,1-2,4,7H2/t13-,14-/m1/s1. The highest BCUT2D eigenvalue weighted by atomic mass is 16.5. The lowest BCUT2D eigenvalue weighted by Gasteiger charge is -2.26. The van der Waals surface area contributed by atoms with Crippen LogP contribution in [0.1, 0.15) is 36.0 Å². The number of benzene rings is 1. The zero-order chi connectivity index (χ0) is 15.4. The van der Waals surface area contributed by atoms with Gasteiger partial charge in [0.05, 0.1) is 17.6 Å². The average Bonchev–Trinajstić information content (AvgIpc) is 3.10. The molecule has 1 fully saturated rings. The van der Waals surface area contributed by atoms with Gasteiger partial charge < -0.3 is 9.15 Å². The first-order chi connectivity index (χ1) is 10.8. The monoisotopic (exact) mass is 297 g/mol. The minimum absolute atomic E-state index is 0.211. The number of carbonyl (C=O) groups excluding carboxylic acids is 1. The minimum Gasteiger partial charge on any atom is -0.457 e. The summed E-state index contributed by atoms with van der Waals surface area (Å²) in [4.78, 5) is 12.3. The molecule has 0 amide bonds. The number of esters is 1. The molecule has 0 saturated heterocycles. The minimum atomic E-state index is -0.423. The Morgan fingerprint density at radius 1 is 1.36 bits per heavy atom. The SMILES string of the molecule is N#C[C@H]1CCCC[C@H]1OC(=O)c1cccc(-c2nnco2)c1. The van der Waals surface area contributed by atoms with Crippen molar-refractivity contribution < 1.29 is 13.9 Å². The van der Waals surface area contributed by atoms with Crippen molar-refractivity contribution in [3.05, 3.63) is 36.2 Å². The van der Waals surface area contributed by atoms with Crippen molar-refractivity contribution in [3.8, 4) is 17.5 Å². The highest BCUT2D eigenvalue weighted by Gasteiger charge is 2.28. The molecule has 22 heavy (non-hydrogen) atoms. The molecule has 1 aromatic carbocycles. The van der Waals surface area contributed by atoms with Gasteiger partial charge in [0.1, 0.15) is 6.10 Å². The van der Waals surface area contributed by atoms with Gasteiger partial charge in [-0.15, -0.1) is 10.2 Å². The van der Waals surface area contributed by atoms with Gasteiger partial charge in [0, 0.05) is 5.56 Å². The maximum atomic E-state index is 12.3. The average molecular weight is 297 g/mol. The zero-order valence-corrected chi connectivity index (χ0v) is 11.9. The fraction of sp³-hybridized carbons (Fsp3) is 0.375. The van der Waals surface area contributed by atoms with Crippen molar-refractivity contribution in [2.24, 2.45) is 5.92 Å². The Balaban J connectivity index is 1.75. The number of nitriles is 1. The summed E-state index contributed by atoms with van der Waals surface area (Å²) in [5, 5.41) is 16.6. The van der Waals surface area contributed by atoms with Crippen molar-refractivity contribution >= 4 is 5.97 Å². The van der Waals surface area contributed by atoms with E-state index in [-0.39, 0.29) is 12.0 Å². The van der Waals surface area contributed by atoms with E-state index in [2.05, 4.69) is 16.3 Å². The quantitative estimate of drug-likeness (QED) is 0.809. The molecule has 1 saturated carbocycles. The molecule has 0 aliphatic heterocycles. The molecule has 3 rings (SSSR count). The van der Waals surface area contributed by atoms with Crippen LogP contribution in [-0.2, 0) is 4.74 Å². The molecule has 1 aliphatic carbocycles. The van der Waals surface area contributed by atoms with Crippen molar-refractivity contribution in [1.29, 1.82) is 5.26 Å². The summed E-state index contributed by atoms with van der Waals surface area (Å²) in [6, 6.07) is 9.08. The molecule has 1 aromatic heterocycles. The maximum Gasteiger partial charge on any atom is 0.338 e. The molecule has 0 bridgehead atoms. The summed E-state index contributed by atoms with van der Waals surface area (Å²) in [6.07, 6.45) is 4.44. The predicted molar refractivity (Wildman–Crippen MR) is 76.5 cm³/mol. The smallest absolute Gasteiger partial charge is 0.338 e. The maximum absolute atomic E-state index is 12.3. The van der Waals surface area contributed by atoms with E-state index in [0.29, 0.717) is 17.0 Å². The summed E-state index contributed by atoms with van der Waals surface area (Å²) in [6.45, 7) is 0. The predicted octanol–water partition coefficient (Wildman–Crippen LogP) is 2.98. The molecular formula is C16H15N3O3. The first-order valence-corrected chi connectivity index (χ1v) is 7.25. The number of carbonyl (C=O) groups is 1. The molecule has 0 N–H and O–H groups in total. The molecule has 0 spiro atoms. The lowest BCUT2D eigenvalue weighted by Crippen LogP contribution is -2.29. The first-order valence-electron chi connectivity index (χ1n) is 7.25. The van der Waals surface area contributed by atoms with Crippen molar-refractivity contribution in [2.45, 2.75) is 31.8 Å². The second-order valence-electron chi connectivity index (χ2n) is 5.29. The number of ether oxygens (including phenoxy) is 1. The van der Waals surface area contributed by atoms with Gasteiger partial charge in [-0.2, -0.15) is 5.26 Å². The van der Waals surface area contributed by atoms with Gasteiger partial charge in [-0.1, -0.05) is 12.5 Å². The third-order valence-corrected chi connectivity index (χ3v) is 3.83. The van der Waals surface area contributed by atoms with E-state index < -0.39 is 5.97 Å². The lowest BCUT2D eigenvalue weighted by atomic mass is 9.87. The first kappa shape index (κ1) is 14.3. The van der Waals surface area contributed by atoms with E-state index in [1.165, 1.54) is 6.39 Å². The fourth-order valence-electron chi connectivity index (χ4n) is 2.67. The number of nitrogens with zero attached hydrogens (tertiary/aromatic N) is 3. The van der Waals surface area contributed by atoms with Crippen molar-refractivity contribution in [2.75, 3.05) is 0 Å². The molecule has 112 valence electrons. The van der Waals surface area contributed by atoms with Gasteiger partial charge in [-0.3, -0.25) is 0 Å². The molecule has 1 heterocycles. The molecule has 0 unspecified atom stereocenters. The van der Waals surface area contributed by atoms with Crippen LogP contribution in [0.4, 0.5) is 0 Å². The third-order valence-electron chi connectivity index (χ3n) is 3.83. The van der Waals surface area contributed by atoms with Gasteiger partial charge in [0.25, 0.3) is 0 Å². The fourth-order valence-corrected chi connectivity index (χ4v) is 2.67. The Morgan fingerprint density at radius 2 is 2.23 bits per heavy atom. The molecular weight excluding hydrogens is 282 g/mol. The van der Waals surface area contributed by atoms with Gasteiger partial charge in [-0.05, 0) is 37.5 Å². The van der Waals surface area contributed by atoms with Gasteiger partial charge in [0.2, 0.25) is 12.3 Å². The van der Waals surface area contributed by atoms with E-state index >= 15 is 0 Å². The summed E-state index contributed by atoms with van der Waals surface area (Å²) < 4.78 is 10.6. The molecule has 0 radical (unpaired) electrons. The van der Waals surface area contributed by atoms with E-state index in [4.69, 9.17) is 14.4 Å². The Kier molecular flexibility index (Phi) is 4.15. The zero-order valence-electron chi connectivity index (χ0n) is 11.9. The highest BCUT2D eigenvalue weighted by molar-refractivity contribution is 5.90. The summed E-state index contributed by atoms with van der Waals surface area (Å²) >= 11 is 0. The molecule has 2 aromatic rings. The normalized spacial score (nSPS) is 21.0. The van der Waals surface area contributed by atoms with Crippen LogP contribution in [0, 0.1) is 17.2 Å². The van der Waals surface area contributed by atoms with E-state index in [1.807, 2.05) is 0 Å². The van der Waals surface area contributed by atoms with Crippen LogP contribution in [0.3, 0.4) is 0 Å². The topological polar surface area (TPSA) is 89.0 Å².